The van der Waals surface area contributed by atoms with Gasteiger partial charge in [-0.3, -0.25) is 0 Å². The van der Waals surface area contributed by atoms with Crippen LogP contribution in [0, 0.1) is 0 Å². The Kier molecular flexibility index (Phi) is 4.43. The second-order valence-corrected chi connectivity index (χ2v) is 5.47. The molecule has 0 saturated carbocycles. The summed E-state index contributed by atoms with van der Waals surface area (Å²) >= 11 is 0. The molecule has 1 atom stereocenters. The molecule has 0 aliphatic heterocycles. The van der Waals surface area contributed by atoms with Gasteiger partial charge in [-0.05, 0) is 48.9 Å². The maximum absolute atomic E-state index is 12.2. The summed E-state index contributed by atoms with van der Waals surface area (Å²) in [6.07, 6.45) is -0.955. The van der Waals surface area contributed by atoms with Crippen LogP contribution in [0.3, 0.4) is 0 Å². The number of benzene rings is 2. The van der Waals surface area contributed by atoms with E-state index in [-0.39, 0.29) is 0 Å². The smallest absolute Gasteiger partial charge is 0.344 e. The van der Waals surface area contributed by atoms with E-state index in [0.717, 1.165) is 5.39 Å². The fourth-order valence-electron chi connectivity index (χ4n) is 2.40. The van der Waals surface area contributed by atoms with E-state index in [9.17, 15) is 9.59 Å². The Morgan fingerprint density at radius 3 is 2.40 bits per heavy atom. The number of aliphatic carboxylic acids is 1. The molecule has 0 saturated heterocycles. The Morgan fingerprint density at radius 1 is 1.08 bits per heavy atom. The SMILES string of the molecule is COc1ccc2oc(=O)c(-c3ccc(OC(C)C(=O)O)cc3)cc2c1. The molecule has 0 fully saturated rings. The number of hydrogen-bond donors (Lipinski definition) is 1. The van der Waals surface area contributed by atoms with E-state index < -0.39 is 17.7 Å². The Hall–Kier alpha value is -3.28. The van der Waals surface area contributed by atoms with E-state index in [1.807, 2.05) is 0 Å². The van der Waals surface area contributed by atoms with Crippen molar-refractivity contribution in [3.05, 3.63) is 59.0 Å². The van der Waals surface area contributed by atoms with Crippen LogP contribution in [-0.2, 0) is 4.79 Å². The average molecular weight is 340 g/mol. The fourth-order valence-corrected chi connectivity index (χ4v) is 2.40. The van der Waals surface area contributed by atoms with Gasteiger partial charge >= 0.3 is 11.6 Å². The van der Waals surface area contributed by atoms with Crippen molar-refractivity contribution in [3.63, 3.8) is 0 Å². The van der Waals surface area contributed by atoms with Gasteiger partial charge in [0.1, 0.15) is 17.1 Å². The second kappa shape index (κ2) is 6.68. The minimum Gasteiger partial charge on any atom is -0.497 e. The van der Waals surface area contributed by atoms with Crippen LogP contribution in [0.4, 0.5) is 0 Å². The number of fused-ring (bicyclic) bond motifs is 1. The Balaban J connectivity index is 1.96. The van der Waals surface area contributed by atoms with Gasteiger partial charge in [0, 0.05) is 5.39 Å². The number of methoxy groups -OCH3 is 1. The molecule has 0 aliphatic rings. The van der Waals surface area contributed by atoms with Crippen LogP contribution in [0.1, 0.15) is 6.92 Å². The normalized spacial score (nSPS) is 11.9. The molecule has 3 aromatic rings. The lowest BCUT2D eigenvalue weighted by molar-refractivity contribution is -0.144. The van der Waals surface area contributed by atoms with Crippen LogP contribution < -0.4 is 15.1 Å². The first-order valence-electron chi connectivity index (χ1n) is 7.60. The summed E-state index contributed by atoms with van der Waals surface area (Å²) in [5.41, 5.74) is 1.07. The third-order valence-electron chi connectivity index (χ3n) is 3.77. The Labute approximate surface area is 143 Å². The van der Waals surface area contributed by atoms with Gasteiger partial charge in [-0.25, -0.2) is 9.59 Å². The summed E-state index contributed by atoms with van der Waals surface area (Å²) in [7, 11) is 1.57. The maximum Gasteiger partial charge on any atom is 0.344 e. The summed E-state index contributed by atoms with van der Waals surface area (Å²) in [5, 5.41) is 9.61. The standard InChI is InChI=1S/C19H16O6/c1-11(18(20)21)24-14-5-3-12(4-6-14)16-10-13-9-15(23-2)7-8-17(13)25-19(16)22/h3-11H,1-2H3,(H,20,21). The molecular weight excluding hydrogens is 324 g/mol. The van der Waals surface area contributed by atoms with E-state index in [2.05, 4.69) is 0 Å². The molecule has 1 aromatic heterocycles. The first-order valence-corrected chi connectivity index (χ1v) is 7.60. The highest BCUT2D eigenvalue weighted by Gasteiger charge is 2.13. The fraction of sp³-hybridized carbons (Fsp3) is 0.158. The second-order valence-electron chi connectivity index (χ2n) is 5.47. The van der Waals surface area contributed by atoms with Crippen molar-refractivity contribution in [2.75, 3.05) is 7.11 Å². The highest BCUT2D eigenvalue weighted by molar-refractivity contribution is 5.83. The minimum absolute atomic E-state index is 0.401. The third-order valence-corrected chi connectivity index (χ3v) is 3.77. The molecule has 6 heteroatoms. The van der Waals surface area contributed by atoms with Crippen molar-refractivity contribution in [1.29, 1.82) is 0 Å². The summed E-state index contributed by atoms with van der Waals surface area (Å²) in [5.74, 6) is 0.0254. The van der Waals surface area contributed by atoms with Gasteiger partial charge in [0.15, 0.2) is 6.10 Å². The maximum atomic E-state index is 12.2. The number of carboxylic acid groups (broad SMARTS) is 1. The highest BCUT2D eigenvalue weighted by Crippen LogP contribution is 2.26. The Bertz CT molecular complexity index is 971. The molecule has 0 radical (unpaired) electrons. The van der Waals surface area contributed by atoms with Crippen molar-refractivity contribution >= 4 is 16.9 Å². The molecule has 128 valence electrons. The molecule has 6 nitrogen and oxygen atoms in total. The first kappa shape index (κ1) is 16.6. The predicted molar refractivity (Wildman–Crippen MR) is 92.2 cm³/mol. The molecule has 2 aromatic carbocycles. The quantitative estimate of drug-likeness (QED) is 0.717. The van der Waals surface area contributed by atoms with E-state index in [1.165, 1.54) is 6.92 Å². The summed E-state index contributed by atoms with van der Waals surface area (Å²) in [6, 6.07) is 13.5. The van der Waals surface area contributed by atoms with Crippen LogP contribution >= 0.6 is 0 Å². The zero-order valence-corrected chi connectivity index (χ0v) is 13.7. The highest BCUT2D eigenvalue weighted by atomic mass is 16.5. The lowest BCUT2D eigenvalue weighted by atomic mass is 10.1. The van der Waals surface area contributed by atoms with Crippen molar-refractivity contribution in [2.45, 2.75) is 13.0 Å². The van der Waals surface area contributed by atoms with E-state index in [0.29, 0.717) is 28.2 Å². The van der Waals surface area contributed by atoms with Crippen LogP contribution in [0.5, 0.6) is 11.5 Å². The number of hydrogen-bond acceptors (Lipinski definition) is 5. The molecule has 1 N–H and O–H groups in total. The van der Waals surface area contributed by atoms with Gasteiger partial charge < -0.3 is 19.0 Å². The van der Waals surface area contributed by atoms with Crippen molar-refractivity contribution in [1.82, 2.24) is 0 Å². The van der Waals surface area contributed by atoms with Crippen molar-refractivity contribution in [3.8, 4) is 22.6 Å². The molecule has 1 unspecified atom stereocenters. The van der Waals surface area contributed by atoms with Crippen LogP contribution in [0.15, 0.2) is 57.7 Å². The summed E-state index contributed by atoms with van der Waals surface area (Å²) in [4.78, 5) is 23.1. The van der Waals surface area contributed by atoms with Crippen LogP contribution in [-0.4, -0.2) is 24.3 Å². The van der Waals surface area contributed by atoms with Gasteiger partial charge in [-0.15, -0.1) is 0 Å². The molecule has 0 bridgehead atoms. The lowest BCUT2D eigenvalue weighted by Crippen LogP contribution is -2.22. The summed E-state index contributed by atoms with van der Waals surface area (Å²) < 4.78 is 15.8. The molecule has 1 heterocycles. The molecule has 0 aliphatic carbocycles. The van der Waals surface area contributed by atoms with E-state index in [4.69, 9.17) is 19.0 Å². The Morgan fingerprint density at radius 2 is 1.76 bits per heavy atom. The van der Waals surface area contributed by atoms with Crippen LogP contribution in [0.2, 0.25) is 0 Å². The largest absolute Gasteiger partial charge is 0.497 e. The van der Waals surface area contributed by atoms with E-state index >= 15 is 0 Å². The lowest BCUT2D eigenvalue weighted by Gasteiger charge is -2.10. The van der Waals surface area contributed by atoms with Crippen molar-refractivity contribution < 1.29 is 23.8 Å². The van der Waals surface area contributed by atoms with Gasteiger partial charge in [-0.1, -0.05) is 12.1 Å². The molecule has 0 amide bonds. The predicted octanol–water partition coefficient (Wildman–Crippen LogP) is 3.32. The van der Waals surface area contributed by atoms with Gasteiger partial charge in [0.05, 0.1) is 12.7 Å². The molecule has 25 heavy (non-hydrogen) atoms. The molecular formula is C19H16O6. The zero-order valence-electron chi connectivity index (χ0n) is 13.7. The minimum atomic E-state index is -1.05. The average Bonchev–Trinajstić information content (AvgIpc) is 2.61. The van der Waals surface area contributed by atoms with E-state index in [1.54, 1.807) is 55.6 Å². The van der Waals surface area contributed by atoms with Gasteiger partial charge in [0.25, 0.3) is 0 Å². The third kappa shape index (κ3) is 3.47. The van der Waals surface area contributed by atoms with Crippen LogP contribution in [0.25, 0.3) is 22.1 Å². The monoisotopic (exact) mass is 340 g/mol. The van der Waals surface area contributed by atoms with Gasteiger partial charge in [-0.2, -0.15) is 0 Å². The summed E-state index contributed by atoms with van der Waals surface area (Å²) in [6.45, 7) is 1.45. The number of rotatable bonds is 5. The molecule has 3 rings (SSSR count). The number of ether oxygens (including phenoxy) is 2. The zero-order chi connectivity index (χ0) is 18.0. The van der Waals surface area contributed by atoms with Crippen molar-refractivity contribution in [2.24, 2.45) is 0 Å². The first-order chi connectivity index (χ1) is 12.0. The topological polar surface area (TPSA) is 86.0 Å². The number of carboxylic acids is 1. The van der Waals surface area contributed by atoms with Gasteiger partial charge in [0.2, 0.25) is 0 Å². The number of carbonyl (C=O) groups is 1. The molecule has 0 spiro atoms.